The van der Waals surface area contributed by atoms with Gasteiger partial charge in [-0.25, -0.2) is 0 Å². The van der Waals surface area contributed by atoms with E-state index in [0.717, 1.165) is 68.9 Å². The topological polar surface area (TPSA) is 78.9 Å². The van der Waals surface area contributed by atoms with Gasteiger partial charge in [-0.1, -0.05) is 86.1 Å². The number of ether oxygens (including phenoxy) is 3. The van der Waals surface area contributed by atoms with Crippen molar-refractivity contribution >= 4 is 17.9 Å². The van der Waals surface area contributed by atoms with E-state index < -0.39 is 18.0 Å². The van der Waals surface area contributed by atoms with Crippen LogP contribution in [-0.4, -0.2) is 30.6 Å². The van der Waals surface area contributed by atoms with Crippen molar-refractivity contribution in [3.05, 3.63) is 71.6 Å². The number of hydrogen-bond donors (Lipinski definition) is 0. The molecule has 0 aliphatic heterocycles. The smallest absolute Gasteiger partial charge is 0.307 e. The van der Waals surface area contributed by atoms with Crippen molar-refractivity contribution in [2.45, 2.75) is 125 Å². The Labute approximate surface area is 261 Å². The van der Waals surface area contributed by atoms with Gasteiger partial charge >= 0.3 is 17.9 Å². The van der Waals surface area contributed by atoms with Crippen LogP contribution < -0.4 is 0 Å². The van der Waals surface area contributed by atoms with Gasteiger partial charge < -0.3 is 14.2 Å². The van der Waals surface area contributed by atoms with Crippen LogP contribution in [0.5, 0.6) is 0 Å². The molecule has 0 aliphatic carbocycles. The predicted octanol–water partition coefficient (Wildman–Crippen LogP) is 9.19. The molecule has 0 aliphatic rings. The number of rotatable bonds is 21. The monoisotopic (exact) mass is 594 g/mol. The van der Waals surface area contributed by atoms with E-state index in [2.05, 4.69) is 55.2 Å². The Kier molecular flexibility index (Phi) is 25.0. The van der Waals surface area contributed by atoms with Crippen LogP contribution in [0.2, 0.25) is 0 Å². The summed E-state index contributed by atoms with van der Waals surface area (Å²) >= 11 is 0. The molecule has 0 N–H and O–H groups in total. The second-order valence-corrected chi connectivity index (χ2v) is 10.6. The van der Waals surface area contributed by atoms with E-state index in [1.54, 1.807) is 0 Å². The van der Waals surface area contributed by atoms with Crippen LogP contribution in [0.25, 0.3) is 0 Å². The van der Waals surface area contributed by atoms with E-state index in [9.17, 15) is 14.4 Å². The molecule has 6 heteroatoms. The number of carbonyl (C=O) groups is 3. The van der Waals surface area contributed by atoms with Crippen LogP contribution in [-0.2, 0) is 28.6 Å². The molecule has 0 aromatic rings. The first-order chi connectivity index (χ1) is 20.6. The molecule has 0 saturated carbocycles. The number of unbranched alkanes of at least 4 members (excludes halogenated alkanes) is 5. The van der Waals surface area contributed by atoms with E-state index in [1.165, 1.54) is 20.1 Å². The third kappa shape index (κ3) is 27.0. The van der Waals surface area contributed by atoms with Gasteiger partial charge in [0.25, 0.3) is 0 Å². The number of esters is 3. The highest BCUT2D eigenvalue weighted by Crippen LogP contribution is 2.18. The van der Waals surface area contributed by atoms with Crippen molar-refractivity contribution in [1.29, 1.82) is 0 Å². The van der Waals surface area contributed by atoms with E-state index in [-0.39, 0.29) is 19.0 Å². The summed E-state index contributed by atoms with van der Waals surface area (Å²) < 4.78 is 16.0. The molecule has 0 saturated heterocycles. The molecular formula is C37H54O6. The Bertz CT molecular complexity index is 1050. The zero-order valence-electron chi connectivity index (χ0n) is 27.4. The number of hydrogen-bond acceptors (Lipinski definition) is 6. The summed E-state index contributed by atoms with van der Waals surface area (Å²) in [5.41, 5.74) is 2.48. The largest absolute Gasteiger partial charge is 0.465 e. The molecule has 0 spiro atoms. The van der Waals surface area contributed by atoms with Gasteiger partial charge in [-0.2, -0.15) is 0 Å². The summed E-state index contributed by atoms with van der Waals surface area (Å²) in [6.45, 7) is 10.7. The van der Waals surface area contributed by atoms with Crippen LogP contribution >= 0.6 is 0 Å². The average Bonchev–Trinajstić information content (AvgIpc) is 2.94. The zero-order chi connectivity index (χ0) is 32.1. The Morgan fingerprint density at radius 1 is 0.767 bits per heavy atom. The molecule has 1 unspecified atom stereocenters. The lowest BCUT2D eigenvalue weighted by Crippen LogP contribution is -2.21. The second-order valence-electron chi connectivity index (χ2n) is 10.6. The minimum absolute atomic E-state index is 0.101. The summed E-state index contributed by atoms with van der Waals surface area (Å²) in [5, 5.41) is 0. The molecule has 0 bridgehead atoms. The SMILES string of the molecule is CCC=CCC=CCC=CCCCCCCCC(=O)OCCC(=COC(C)=O)C(CC=C(C)C#CC=C(C)C)OC(C)=O. The van der Waals surface area contributed by atoms with Crippen molar-refractivity contribution in [3.63, 3.8) is 0 Å². The maximum Gasteiger partial charge on any atom is 0.307 e. The van der Waals surface area contributed by atoms with E-state index >= 15 is 0 Å². The first kappa shape index (κ1) is 39.4. The Balaban J connectivity index is 4.55. The minimum Gasteiger partial charge on any atom is -0.465 e. The maximum absolute atomic E-state index is 12.3. The molecular weight excluding hydrogens is 540 g/mol. The molecule has 238 valence electrons. The molecule has 0 heterocycles. The van der Waals surface area contributed by atoms with Gasteiger partial charge in [-0.3, -0.25) is 14.4 Å². The van der Waals surface area contributed by atoms with Crippen molar-refractivity contribution < 1.29 is 28.6 Å². The highest BCUT2D eigenvalue weighted by atomic mass is 16.6. The molecule has 0 radical (unpaired) electrons. The summed E-state index contributed by atoms with van der Waals surface area (Å²) in [5.74, 6) is 4.80. The van der Waals surface area contributed by atoms with Gasteiger partial charge in [0.2, 0.25) is 0 Å². The van der Waals surface area contributed by atoms with Gasteiger partial charge in [0.1, 0.15) is 6.10 Å². The predicted molar refractivity (Wildman–Crippen MR) is 176 cm³/mol. The number of carbonyl (C=O) groups excluding carboxylic acids is 3. The van der Waals surface area contributed by atoms with Crippen LogP contribution in [0, 0.1) is 11.8 Å². The first-order valence-electron chi connectivity index (χ1n) is 15.6. The fourth-order valence-corrected chi connectivity index (χ4v) is 3.80. The van der Waals surface area contributed by atoms with Gasteiger partial charge in [-0.15, -0.1) is 0 Å². The van der Waals surface area contributed by atoms with Crippen molar-refractivity contribution in [1.82, 2.24) is 0 Å². The minimum atomic E-state index is -0.671. The molecule has 0 rings (SSSR count). The van der Waals surface area contributed by atoms with Crippen LogP contribution in [0.3, 0.4) is 0 Å². The second kappa shape index (κ2) is 27.3. The molecule has 0 amide bonds. The zero-order valence-corrected chi connectivity index (χ0v) is 27.4. The van der Waals surface area contributed by atoms with Crippen molar-refractivity contribution in [3.8, 4) is 11.8 Å². The lowest BCUT2D eigenvalue weighted by Gasteiger charge is -2.19. The van der Waals surface area contributed by atoms with Gasteiger partial charge in [-0.05, 0) is 70.9 Å². The summed E-state index contributed by atoms with van der Waals surface area (Å²) in [6.07, 6.45) is 27.9. The summed E-state index contributed by atoms with van der Waals surface area (Å²) in [7, 11) is 0. The fraction of sp³-hybridized carbons (Fsp3) is 0.541. The number of allylic oxidation sites excluding steroid dienone is 9. The van der Waals surface area contributed by atoms with Gasteiger partial charge in [0, 0.05) is 38.7 Å². The maximum atomic E-state index is 12.3. The van der Waals surface area contributed by atoms with E-state index in [1.807, 2.05) is 32.9 Å². The third-order valence-electron chi connectivity index (χ3n) is 6.05. The first-order valence-corrected chi connectivity index (χ1v) is 15.6. The highest BCUT2D eigenvalue weighted by Gasteiger charge is 2.18. The summed E-state index contributed by atoms with van der Waals surface area (Å²) in [4.78, 5) is 35.5. The lowest BCUT2D eigenvalue weighted by molar-refractivity contribution is -0.146. The van der Waals surface area contributed by atoms with Crippen LogP contribution in [0.15, 0.2) is 71.6 Å². The Hall–Kier alpha value is -3.59. The van der Waals surface area contributed by atoms with E-state index in [0.29, 0.717) is 18.4 Å². The normalized spacial score (nSPS) is 12.7. The Morgan fingerprint density at radius 2 is 1.42 bits per heavy atom. The summed E-state index contributed by atoms with van der Waals surface area (Å²) in [6, 6.07) is 0. The van der Waals surface area contributed by atoms with Crippen LogP contribution in [0.1, 0.15) is 119 Å². The van der Waals surface area contributed by atoms with Crippen molar-refractivity contribution in [2.24, 2.45) is 0 Å². The molecule has 6 nitrogen and oxygen atoms in total. The third-order valence-corrected chi connectivity index (χ3v) is 6.05. The lowest BCUT2D eigenvalue weighted by atomic mass is 10.0. The van der Waals surface area contributed by atoms with Gasteiger partial charge in [0.15, 0.2) is 0 Å². The van der Waals surface area contributed by atoms with Crippen molar-refractivity contribution in [2.75, 3.05) is 6.61 Å². The molecule has 0 aromatic carbocycles. The molecule has 0 fully saturated rings. The molecule has 0 aromatic heterocycles. The highest BCUT2D eigenvalue weighted by molar-refractivity contribution is 5.69. The molecule has 1 atom stereocenters. The standard InChI is InChI=1S/C37H54O6/c1-7-8-9-10-11-12-13-14-15-16-17-18-19-20-21-25-37(40)41-29-28-35(30-42-33(5)38)36(43-34(6)39)27-26-32(4)24-22-23-31(2)3/h8-9,11-12,14-15,23,26,30,36H,7,10,13,16-21,25,27-29H2,1-6H3. The average molecular weight is 595 g/mol. The quantitative estimate of drug-likeness (QED) is 0.0329. The molecule has 43 heavy (non-hydrogen) atoms. The van der Waals surface area contributed by atoms with Crippen LogP contribution in [0.4, 0.5) is 0 Å². The van der Waals surface area contributed by atoms with E-state index in [4.69, 9.17) is 14.2 Å². The van der Waals surface area contributed by atoms with Gasteiger partial charge in [0.05, 0.1) is 12.9 Å². The Morgan fingerprint density at radius 3 is 2.07 bits per heavy atom. The fourth-order valence-electron chi connectivity index (χ4n) is 3.80.